The van der Waals surface area contributed by atoms with Crippen LogP contribution >= 0.6 is 0 Å². The molecule has 1 heterocycles. The number of aryl methyl sites for hydroxylation is 1. The van der Waals surface area contributed by atoms with Crippen molar-refractivity contribution in [3.05, 3.63) is 28.1 Å². The molecule has 102 valence electrons. The van der Waals surface area contributed by atoms with Gasteiger partial charge in [-0.15, -0.1) is 11.8 Å². The van der Waals surface area contributed by atoms with Crippen LogP contribution in [0.4, 0.5) is 5.69 Å². The zero-order valence-electron chi connectivity index (χ0n) is 11.1. The van der Waals surface area contributed by atoms with Crippen LogP contribution in [-0.4, -0.2) is 21.9 Å². The Kier molecular flexibility index (Phi) is 5.61. The Morgan fingerprint density at radius 3 is 2.89 bits per heavy atom. The predicted molar refractivity (Wildman–Crippen MR) is 71.8 cm³/mol. The fourth-order valence-electron chi connectivity index (χ4n) is 1.67. The first-order chi connectivity index (χ1) is 9.10. The Morgan fingerprint density at radius 1 is 1.58 bits per heavy atom. The lowest BCUT2D eigenvalue weighted by Crippen LogP contribution is -2.26. The lowest BCUT2D eigenvalue weighted by Gasteiger charge is -2.06. The van der Waals surface area contributed by atoms with E-state index < -0.39 is 4.92 Å². The highest BCUT2D eigenvalue weighted by Gasteiger charge is 2.18. The molecule has 1 amide bonds. The van der Waals surface area contributed by atoms with Gasteiger partial charge >= 0.3 is 0 Å². The average molecular weight is 263 g/mol. The van der Waals surface area contributed by atoms with E-state index in [0.717, 1.165) is 6.42 Å². The number of hydrogen-bond acceptors (Lipinski definition) is 3. The summed E-state index contributed by atoms with van der Waals surface area (Å²) in [6.45, 7) is 4.69. The van der Waals surface area contributed by atoms with Gasteiger partial charge in [0, 0.05) is 25.6 Å². The summed E-state index contributed by atoms with van der Waals surface area (Å²) >= 11 is 0. The fourth-order valence-corrected chi connectivity index (χ4v) is 1.67. The highest BCUT2D eigenvalue weighted by Crippen LogP contribution is 2.16. The van der Waals surface area contributed by atoms with Crippen molar-refractivity contribution in [2.45, 2.75) is 33.2 Å². The summed E-state index contributed by atoms with van der Waals surface area (Å²) in [7, 11) is 0. The molecule has 6 heteroatoms. The lowest BCUT2D eigenvalue weighted by atomic mass is 10.3. The summed E-state index contributed by atoms with van der Waals surface area (Å²) in [4.78, 5) is 22.2. The van der Waals surface area contributed by atoms with Gasteiger partial charge in [0.25, 0.3) is 11.6 Å². The number of nitrogens with one attached hydrogen (secondary N) is 1. The fraction of sp³-hybridized carbons (Fsp3) is 0.462. The van der Waals surface area contributed by atoms with E-state index in [9.17, 15) is 14.9 Å². The minimum Gasteiger partial charge on any atom is -0.350 e. The van der Waals surface area contributed by atoms with Crippen LogP contribution in [0.1, 0.15) is 37.2 Å². The van der Waals surface area contributed by atoms with E-state index in [1.54, 1.807) is 11.5 Å². The van der Waals surface area contributed by atoms with Crippen LogP contribution in [-0.2, 0) is 6.54 Å². The van der Waals surface area contributed by atoms with Crippen LogP contribution in [0.15, 0.2) is 12.3 Å². The van der Waals surface area contributed by atoms with Crippen molar-refractivity contribution in [3.8, 4) is 11.8 Å². The predicted octanol–water partition coefficient (Wildman–Crippen LogP) is 1.95. The molecule has 0 fully saturated rings. The summed E-state index contributed by atoms with van der Waals surface area (Å²) in [5, 5.41) is 13.4. The number of carbonyl (C=O) groups excluding carboxylic acids is 1. The first-order valence-electron chi connectivity index (χ1n) is 6.12. The minimum atomic E-state index is -0.495. The highest BCUT2D eigenvalue weighted by molar-refractivity contribution is 5.93. The maximum absolute atomic E-state index is 11.9. The Labute approximate surface area is 111 Å². The number of rotatable bonds is 6. The van der Waals surface area contributed by atoms with E-state index in [4.69, 9.17) is 0 Å². The number of aromatic nitrogens is 1. The monoisotopic (exact) mass is 263 g/mol. The van der Waals surface area contributed by atoms with Crippen LogP contribution in [0.3, 0.4) is 0 Å². The Hall–Kier alpha value is -2.29. The maximum atomic E-state index is 11.9. The molecule has 0 atom stereocenters. The topological polar surface area (TPSA) is 77.2 Å². The molecular formula is C13H17N3O3. The molecule has 1 aromatic heterocycles. The van der Waals surface area contributed by atoms with E-state index in [1.807, 2.05) is 6.92 Å². The van der Waals surface area contributed by atoms with Gasteiger partial charge in [0.15, 0.2) is 0 Å². The van der Waals surface area contributed by atoms with E-state index in [-0.39, 0.29) is 11.6 Å². The Balaban J connectivity index is 2.80. The number of amides is 1. The second-order valence-electron chi connectivity index (χ2n) is 3.97. The van der Waals surface area contributed by atoms with Crippen LogP contribution < -0.4 is 5.32 Å². The molecule has 0 unspecified atom stereocenters. The smallest absolute Gasteiger partial charge is 0.287 e. The van der Waals surface area contributed by atoms with E-state index in [1.165, 1.54) is 12.3 Å². The third-order valence-corrected chi connectivity index (χ3v) is 2.50. The summed E-state index contributed by atoms with van der Waals surface area (Å²) in [6.07, 6.45) is 2.76. The highest BCUT2D eigenvalue weighted by atomic mass is 16.6. The third-order valence-electron chi connectivity index (χ3n) is 2.50. The molecule has 0 bridgehead atoms. The van der Waals surface area contributed by atoms with Gasteiger partial charge in [-0.05, 0) is 13.3 Å². The molecule has 0 spiro atoms. The molecule has 19 heavy (non-hydrogen) atoms. The zero-order chi connectivity index (χ0) is 14.3. The van der Waals surface area contributed by atoms with Crippen molar-refractivity contribution in [2.75, 3.05) is 6.54 Å². The van der Waals surface area contributed by atoms with Crippen molar-refractivity contribution in [2.24, 2.45) is 0 Å². The van der Waals surface area contributed by atoms with Gasteiger partial charge in [-0.1, -0.05) is 6.92 Å². The third kappa shape index (κ3) is 4.14. The van der Waals surface area contributed by atoms with Gasteiger partial charge in [0.1, 0.15) is 5.69 Å². The molecule has 0 saturated heterocycles. The van der Waals surface area contributed by atoms with Gasteiger partial charge < -0.3 is 9.88 Å². The van der Waals surface area contributed by atoms with E-state index in [2.05, 4.69) is 17.2 Å². The zero-order valence-corrected chi connectivity index (χ0v) is 11.1. The van der Waals surface area contributed by atoms with E-state index in [0.29, 0.717) is 25.2 Å². The molecule has 1 N–H and O–H groups in total. The number of carbonyl (C=O) groups is 1. The quantitative estimate of drug-likeness (QED) is 0.369. The molecule has 0 aliphatic heterocycles. The Bertz CT molecular complexity index is 523. The van der Waals surface area contributed by atoms with Gasteiger partial charge in [-0.3, -0.25) is 14.9 Å². The Morgan fingerprint density at radius 2 is 2.32 bits per heavy atom. The average Bonchev–Trinajstić information content (AvgIpc) is 2.79. The molecule has 0 radical (unpaired) electrons. The molecule has 0 saturated carbocycles. The van der Waals surface area contributed by atoms with Gasteiger partial charge in [0.05, 0.1) is 11.1 Å². The first-order valence-corrected chi connectivity index (χ1v) is 6.12. The summed E-state index contributed by atoms with van der Waals surface area (Å²) < 4.78 is 1.61. The van der Waals surface area contributed by atoms with Crippen LogP contribution in [0.2, 0.25) is 0 Å². The van der Waals surface area contributed by atoms with Crippen LogP contribution in [0.25, 0.3) is 0 Å². The van der Waals surface area contributed by atoms with Gasteiger partial charge in [-0.2, -0.15) is 0 Å². The molecule has 0 aliphatic rings. The molecule has 6 nitrogen and oxygen atoms in total. The second kappa shape index (κ2) is 7.21. The van der Waals surface area contributed by atoms with Crippen molar-refractivity contribution in [1.82, 2.24) is 9.88 Å². The largest absolute Gasteiger partial charge is 0.350 e. The summed E-state index contributed by atoms with van der Waals surface area (Å²) in [6, 6.07) is 1.30. The molecule has 1 aromatic rings. The molecule has 0 aromatic carbocycles. The van der Waals surface area contributed by atoms with Crippen LogP contribution in [0, 0.1) is 22.0 Å². The van der Waals surface area contributed by atoms with Crippen molar-refractivity contribution >= 4 is 11.6 Å². The van der Waals surface area contributed by atoms with Gasteiger partial charge in [0.2, 0.25) is 0 Å². The minimum absolute atomic E-state index is 0.0630. The number of hydrogen-bond donors (Lipinski definition) is 1. The summed E-state index contributed by atoms with van der Waals surface area (Å²) in [5.74, 6) is 5.27. The SMILES string of the molecule is CC#CCCNC(=O)c1cc([N+](=O)[O-])cn1CCC. The van der Waals surface area contributed by atoms with E-state index >= 15 is 0 Å². The number of nitrogens with zero attached hydrogens (tertiary/aromatic N) is 2. The van der Waals surface area contributed by atoms with Gasteiger partial charge in [-0.25, -0.2) is 0 Å². The molecule has 1 rings (SSSR count). The lowest BCUT2D eigenvalue weighted by molar-refractivity contribution is -0.384. The normalized spacial score (nSPS) is 9.58. The first kappa shape index (κ1) is 14.8. The standard InChI is InChI=1S/C13H17N3O3/c1-3-5-6-7-14-13(17)12-9-11(16(18)19)10-15(12)8-4-2/h9-10H,4,6-8H2,1-2H3,(H,14,17). The van der Waals surface area contributed by atoms with Crippen LogP contribution in [0.5, 0.6) is 0 Å². The van der Waals surface area contributed by atoms with Crippen molar-refractivity contribution < 1.29 is 9.72 Å². The second-order valence-corrected chi connectivity index (χ2v) is 3.97. The molecular weight excluding hydrogens is 246 g/mol. The van der Waals surface area contributed by atoms with Crippen molar-refractivity contribution in [1.29, 1.82) is 0 Å². The summed E-state index contributed by atoms with van der Waals surface area (Å²) in [5.41, 5.74) is 0.255. The van der Waals surface area contributed by atoms with Crippen molar-refractivity contribution in [3.63, 3.8) is 0 Å². The molecule has 0 aliphatic carbocycles. The maximum Gasteiger partial charge on any atom is 0.287 e. The number of nitro groups is 1.